The summed E-state index contributed by atoms with van der Waals surface area (Å²) in [5, 5.41) is 3.23. The summed E-state index contributed by atoms with van der Waals surface area (Å²) in [5.41, 5.74) is 1.97. The third-order valence-corrected chi connectivity index (χ3v) is 4.34. The molecule has 126 valence electrons. The molecule has 3 heteroatoms. The van der Waals surface area contributed by atoms with Crippen molar-refractivity contribution in [2.45, 2.75) is 71.1 Å². The van der Waals surface area contributed by atoms with Gasteiger partial charge in [-0.05, 0) is 25.0 Å². The van der Waals surface area contributed by atoms with Gasteiger partial charge in [0, 0.05) is 11.8 Å². The van der Waals surface area contributed by atoms with Crippen LogP contribution in [-0.4, -0.2) is 9.78 Å². The minimum Gasteiger partial charge on any atom is -0.295 e. The first-order valence-corrected chi connectivity index (χ1v) is 9.17. The summed E-state index contributed by atoms with van der Waals surface area (Å²) in [5.74, 6) is 0. The average molecular weight is 314 g/mol. The van der Waals surface area contributed by atoms with Crippen molar-refractivity contribution in [3.05, 3.63) is 52.4 Å². The number of para-hydroxylation sites is 1. The van der Waals surface area contributed by atoms with E-state index in [1.54, 1.807) is 10.7 Å². The van der Waals surface area contributed by atoms with Crippen molar-refractivity contribution in [1.29, 1.82) is 0 Å². The quantitative estimate of drug-likeness (QED) is 0.566. The number of hydrogen-bond acceptors (Lipinski definition) is 1. The summed E-state index contributed by atoms with van der Waals surface area (Å²) in [6, 6.07) is 11.5. The van der Waals surface area contributed by atoms with Crippen LogP contribution in [0.1, 0.15) is 70.4 Å². The smallest absolute Gasteiger partial charge is 0.271 e. The normalized spacial score (nSPS) is 11.0. The Balaban J connectivity index is 1.66. The van der Waals surface area contributed by atoms with Crippen LogP contribution in [0.25, 0.3) is 5.69 Å². The van der Waals surface area contributed by atoms with E-state index in [2.05, 4.69) is 12.0 Å². The van der Waals surface area contributed by atoms with Crippen LogP contribution in [0.15, 0.2) is 41.2 Å². The van der Waals surface area contributed by atoms with Crippen molar-refractivity contribution < 1.29 is 0 Å². The molecule has 0 radical (unpaired) electrons. The van der Waals surface area contributed by atoms with Gasteiger partial charge < -0.3 is 0 Å². The Kier molecular flexibility index (Phi) is 7.71. The highest BCUT2D eigenvalue weighted by atomic mass is 16.1. The van der Waals surface area contributed by atoms with Crippen LogP contribution in [0.5, 0.6) is 0 Å². The van der Waals surface area contributed by atoms with Crippen LogP contribution in [-0.2, 0) is 6.42 Å². The summed E-state index contributed by atoms with van der Waals surface area (Å²) in [7, 11) is 0. The second-order valence-corrected chi connectivity index (χ2v) is 6.37. The highest BCUT2D eigenvalue weighted by Gasteiger charge is 2.04. The van der Waals surface area contributed by atoms with E-state index < -0.39 is 0 Å². The molecule has 0 fully saturated rings. The third-order valence-electron chi connectivity index (χ3n) is 4.34. The van der Waals surface area contributed by atoms with Gasteiger partial charge in [0.05, 0.1) is 5.69 Å². The van der Waals surface area contributed by atoms with Gasteiger partial charge in [0.15, 0.2) is 0 Å². The molecule has 0 saturated carbocycles. The molecule has 0 spiro atoms. The number of aromatic amines is 1. The second kappa shape index (κ2) is 10.1. The maximum absolute atomic E-state index is 12.0. The fraction of sp³-hybridized carbons (Fsp3) is 0.550. The number of aromatic nitrogens is 2. The Hall–Kier alpha value is -1.77. The van der Waals surface area contributed by atoms with E-state index in [1.807, 2.05) is 30.3 Å². The minimum absolute atomic E-state index is 0.0297. The number of nitrogens with one attached hydrogen (secondary N) is 1. The van der Waals surface area contributed by atoms with Crippen molar-refractivity contribution in [1.82, 2.24) is 9.78 Å². The van der Waals surface area contributed by atoms with Crippen LogP contribution < -0.4 is 5.56 Å². The minimum atomic E-state index is 0.0297. The first-order chi connectivity index (χ1) is 11.3. The lowest BCUT2D eigenvalue weighted by atomic mass is 10.1. The van der Waals surface area contributed by atoms with Crippen molar-refractivity contribution in [3.63, 3.8) is 0 Å². The number of nitrogens with zero attached hydrogens (tertiary/aromatic N) is 1. The van der Waals surface area contributed by atoms with Gasteiger partial charge in [0.25, 0.3) is 5.56 Å². The monoisotopic (exact) mass is 314 g/mol. The Bertz CT molecular complexity index is 598. The highest BCUT2D eigenvalue weighted by molar-refractivity contribution is 5.30. The van der Waals surface area contributed by atoms with E-state index in [0.29, 0.717) is 0 Å². The fourth-order valence-electron chi connectivity index (χ4n) is 2.97. The van der Waals surface area contributed by atoms with Crippen LogP contribution in [0.3, 0.4) is 0 Å². The van der Waals surface area contributed by atoms with Crippen LogP contribution in [0.2, 0.25) is 0 Å². The molecule has 1 aromatic carbocycles. The predicted molar refractivity (Wildman–Crippen MR) is 97.3 cm³/mol. The molecular formula is C20H30N2O. The Morgan fingerprint density at radius 1 is 0.870 bits per heavy atom. The standard InChI is InChI=1S/C20H30N2O/c1-2-3-4-5-6-7-8-9-11-14-18-17-20(23)22(21-18)19-15-12-10-13-16-19/h10,12-13,15-17,21H,2-9,11,14H2,1H3. The van der Waals surface area contributed by atoms with Gasteiger partial charge >= 0.3 is 0 Å². The van der Waals surface area contributed by atoms with E-state index in [4.69, 9.17) is 0 Å². The van der Waals surface area contributed by atoms with Gasteiger partial charge in [-0.15, -0.1) is 0 Å². The van der Waals surface area contributed by atoms with Crippen LogP contribution in [0.4, 0.5) is 0 Å². The van der Waals surface area contributed by atoms with Gasteiger partial charge in [-0.1, -0.05) is 76.5 Å². The summed E-state index contributed by atoms with van der Waals surface area (Å²) in [6.45, 7) is 2.26. The molecule has 1 heterocycles. The summed E-state index contributed by atoms with van der Waals surface area (Å²) < 4.78 is 1.63. The van der Waals surface area contributed by atoms with Gasteiger partial charge in [0.2, 0.25) is 0 Å². The number of unbranched alkanes of at least 4 members (excludes halogenated alkanes) is 8. The number of hydrogen-bond donors (Lipinski definition) is 1. The molecule has 0 amide bonds. The molecule has 2 aromatic rings. The Labute approximate surface area is 139 Å². The Morgan fingerprint density at radius 3 is 2.13 bits per heavy atom. The first-order valence-electron chi connectivity index (χ1n) is 9.17. The molecule has 2 rings (SSSR count). The number of benzene rings is 1. The number of aryl methyl sites for hydroxylation is 1. The fourth-order valence-corrected chi connectivity index (χ4v) is 2.97. The summed E-state index contributed by atoms with van der Waals surface area (Å²) in [4.78, 5) is 12.0. The second-order valence-electron chi connectivity index (χ2n) is 6.37. The largest absolute Gasteiger partial charge is 0.295 e. The van der Waals surface area contributed by atoms with Crippen molar-refractivity contribution in [2.24, 2.45) is 0 Å². The van der Waals surface area contributed by atoms with Gasteiger partial charge in [-0.3, -0.25) is 9.89 Å². The molecule has 23 heavy (non-hydrogen) atoms. The van der Waals surface area contributed by atoms with E-state index in [0.717, 1.165) is 24.2 Å². The topological polar surface area (TPSA) is 37.8 Å². The molecular weight excluding hydrogens is 284 g/mol. The number of rotatable bonds is 11. The van der Waals surface area contributed by atoms with E-state index in [1.165, 1.54) is 51.4 Å². The Morgan fingerprint density at radius 2 is 1.48 bits per heavy atom. The lowest BCUT2D eigenvalue weighted by Crippen LogP contribution is -2.12. The van der Waals surface area contributed by atoms with Crippen LogP contribution in [0, 0.1) is 0 Å². The SMILES string of the molecule is CCCCCCCCCCCc1cc(=O)n(-c2ccccc2)[nH]1. The average Bonchev–Trinajstić information content (AvgIpc) is 2.95. The zero-order valence-electron chi connectivity index (χ0n) is 14.4. The summed E-state index contributed by atoms with van der Waals surface area (Å²) >= 11 is 0. The lowest BCUT2D eigenvalue weighted by molar-refractivity contribution is 0.563. The maximum Gasteiger partial charge on any atom is 0.271 e. The molecule has 1 aromatic heterocycles. The molecule has 0 aliphatic rings. The van der Waals surface area contributed by atoms with Crippen molar-refractivity contribution in [2.75, 3.05) is 0 Å². The summed E-state index contributed by atoms with van der Waals surface area (Å²) in [6.07, 6.45) is 12.9. The van der Waals surface area contributed by atoms with Gasteiger partial charge in [-0.2, -0.15) is 0 Å². The van der Waals surface area contributed by atoms with E-state index in [9.17, 15) is 4.79 Å². The molecule has 0 aliphatic carbocycles. The predicted octanol–water partition coefficient (Wildman–Crippen LogP) is 5.24. The molecule has 0 unspecified atom stereocenters. The molecule has 3 nitrogen and oxygen atoms in total. The lowest BCUT2D eigenvalue weighted by Gasteiger charge is -2.02. The van der Waals surface area contributed by atoms with Crippen molar-refractivity contribution in [3.8, 4) is 5.69 Å². The molecule has 0 aliphatic heterocycles. The van der Waals surface area contributed by atoms with Crippen LogP contribution >= 0.6 is 0 Å². The maximum atomic E-state index is 12.0. The molecule has 0 saturated heterocycles. The van der Waals surface area contributed by atoms with E-state index >= 15 is 0 Å². The zero-order valence-corrected chi connectivity index (χ0v) is 14.4. The molecule has 0 atom stereocenters. The first kappa shape index (κ1) is 17.6. The molecule has 1 N–H and O–H groups in total. The zero-order chi connectivity index (χ0) is 16.3. The third kappa shape index (κ3) is 6.09. The highest BCUT2D eigenvalue weighted by Crippen LogP contribution is 2.11. The van der Waals surface area contributed by atoms with Gasteiger partial charge in [-0.25, -0.2) is 4.68 Å². The molecule has 0 bridgehead atoms. The van der Waals surface area contributed by atoms with E-state index in [-0.39, 0.29) is 5.56 Å². The van der Waals surface area contributed by atoms with Crippen molar-refractivity contribution >= 4 is 0 Å². The number of H-pyrrole nitrogens is 1. The van der Waals surface area contributed by atoms with Gasteiger partial charge in [0.1, 0.15) is 0 Å².